The Morgan fingerprint density at radius 3 is 2.69 bits per heavy atom. The third-order valence-electron chi connectivity index (χ3n) is 1.43. The third-order valence-corrected chi connectivity index (χ3v) is 1.43. The van der Waals surface area contributed by atoms with E-state index >= 15 is 0 Å². The molecule has 1 aromatic rings. The molecule has 0 bridgehead atoms. The predicted octanol–water partition coefficient (Wildman–Crippen LogP) is 2.53. The summed E-state index contributed by atoms with van der Waals surface area (Å²) in [5, 5.41) is 0. The maximum absolute atomic E-state index is 9.94. The lowest BCUT2D eigenvalue weighted by Gasteiger charge is -1.87. The van der Waals surface area contributed by atoms with Crippen LogP contribution in [0, 0.1) is 0 Å². The fourth-order valence-corrected chi connectivity index (χ4v) is 0.838. The fraction of sp³-hybridized carbons (Fsp3) is 0.0909. The molecule has 0 aromatic heterocycles. The minimum absolute atomic E-state index is 0.445. The van der Waals surface area contributed by atoms with Gasteiger partial charge < -0.3 is 4.79 Å². The van der Waals surface area contributed by atoms with Crippen molar-refractivity contribution in [3.8, 4) is 0 Å². The highest BCUT2D eigenvalue weighted by Crippen LogP contribution is 2.07. The van der Waals surface area contributed by atoms with Crippen molar-refractivity contribution in [2.75, 3.05) is 0 Å². The molecule has 0 saturated heterocycles. The molecule has 0 spiro atoms. The standard InChI is InChI=1S/C11H11NO/c13-10-6-2-5-9-12-11-7-3-1-4-8-11/h1-5,7-10H,6H2/b5-2+,12-9?. The van der Waals surface area contributed by atoms with Crippen LogP contribution in [0.2, 0.25) is 0 Å². The normalized spacial score (nSPS) is 11.1. The van der Waals surface area contributed by atoms with E-state index in [4.69, 9.17) is 0 Å². The van der Waals surface area contributed by atoms with Crippen LogP contribution in [0.5, 0.6) is 0 Å². The van der Waals surface area contributed by atoms with Crippen LogP contribution in [-0.2, 0) is 4.79 Å². The number of benzene rings is 1. The van der Waals surface area contributed by atoms with Crippen molar-refractivity contribution < 1.29 is 4.79 Å². The van der Waals surface area contributed by atoms with Crippen molar-refractivity contribution in [1.29, 1.82) is 0 Å². The Labute approximate surface area is 77.6 Å². The zero-order valence-electron chi connectivity index (χ0n) is 7.26. The average Bonchev–Trinajstić information content (AvgIpc) is 2.19. The first-order valence-corrected chi connectivity index (χ1v) is 4.11. The molecule has 1 rings (SSSR count). The van der Waals surface area contributed by atoms with Gasteiger partial charge in [-0.1, -0.05) is 24.3 Å². The topological polar surface area (TPSA) is 29.4 Å². The highest BCUT2D eigenvalue weighted by Gasteiger charge is 1.80. The lowest BCUT2D eigenvalue weighted by molar-refractivity contribution is -0.107. The Balaban J connectivity index is 2.45. The predicted molar refractivity (Wildman–Crippen MR) is 54.4 cm³/mol. The minimum Gasteiger partial charge on any atom is -0.303 e. The van der Waals surface area contributed by atoms with Crippen molar-refractivity contribution in [3.05, 3.63) is 42.5 Å². The van der Waals surface area contributed by atoms with E-state index in [1.165, 1.54) is 0 Å². The minimum atomic E-state index is 0.445. The number of aldehydes is 1. The Kier molecular flexibility index (Phi) is 4.25. The summed E-state index contributed by atoms with van der Waals surface area (Å²) in [6.45, 7) is 0. The summed E-state index contributed by atoms with van der Waals surface area (Å²) in [5.41, 5.74) is 0.915. The van der Waals surface area contributed by atoms with Crippen LogP contribution >= 0.6 is 0 Å². The van der Waals surface area contributed by atoms with Crippen LogP contribution in [0.1, 0.15) is 6.42 Å². The van der Waals surface area contributed by atoms with Gasteiger partial charge in [0.25, 0.3) is 0 Å². The van der Waals surface area contributed by atoms with Crippen molar-refractivity contribution in [2.45, 2.75) is 6.42 Å². The molecule has 0 aliphatic carbocycles. The third kappa shape index (κ3) is 4.01. The molecular weight excluding hydrogens is 162 g/mol. The molecule has 1 aromatic carbocycles. The number of carbonyl (C=O) groups excluding carboxylic acids is 1. The lowest BCUT2D eigenvalue weighted by atomic mass is 10.3. The maximum atomic E-state index is 9.94. The highest BCUT2D eigenvalue weighted by molar-refractivity contribution is 5.75. The van der Waals surface area contributed by atoms with Crippen molar-refractivity contribution in [2.24, 2.45) is 4.99 Å². The van der Waals surface area contributed by atoms with Gasteiger partial charge in [-0.25, -0.2) is 0 Å². The van der Waals surface area contributed by atoms with Gasteiger partial charge in [0, 0.05) is 12.6 Å². The van der Waals surface area contributed by atoms with Gasteiger partial charge in [0.05, 0.1) is 5.69 Å². The van der Waals surface area contributed by atoms with Crippen LogP contribution in [0.4, 0.5) is 5.69 Å². The number of para-hydroxylation sites is 1. The summed E-state index contributed by atoms with van der Waals surface area (Å²) in [5.74, 6) is 0. The van der Waals surface area contributed by atoms with Crippen LogP contribution in [0.15, 0.2) is 47.5 Å². The van der Waals surface area contributed by atoms with Gasteiger partial charge in [-0.3, -0.25) is 4.99 Å². The number of hydrogen-bond acceptors (Lipinski definition) is 2. The fourth-order valence-electron chi connectivity index (χ4n) is 0.838. The smallest absolute Gasteiger partial charge is 0.123 e. The highest BCUT2D eigenvalue weighted by atomic mass is 16.1. The Hall–Kier alpha value is -1.70. The van der Waals surface area contributed by atoms with Crippen LogP contribution < -0.4 is 0 Å². The first-order valence-electron chi connectivity index (χ1n) is 4.11. The molecule has 0 atom stereocenters. The van der Waals surface area contributed by atoms with E-state index in [1.807, 2.05) is 30.3 Å². The van der Waals surface area contributed by atoms with Crippen LogP contribution in [0.25, 0.3) is 0 Å². The molecule has 2 nitrogen and oxygen atoms in total. The summed E-state index contributed by atoms with van der Waals surface area (Å²) in [6, 6.07) is 9.65. The molecule has 0 N–H and O–H groups in total. The molecule has 0 aliphatic rings. The first kappa shape index (κ1) is 9.39. The SMILES string of the molecule is O=CC/C=C/C=Nc1ccccc1. The van der Waals surface area contributed by atoms with Gasteiger partial charge in [-0.2, -0.15) is 0 Å². The first-order chi connectivity index (χ1) is 6.43. The molecular formula is C11H11NO. The second-order valence-electron chi connectivity index (χ2n) is 2.44. The molecule has 0 fully saturated rings. The summed E-state index contributed by atoms with van der Waals surface area (Å²) in [7, 11) is 0. The second-order valence-corrected chi connectivity index (χ2v) is 2.44. The summed E-state index contributed by atoms with van der Waals surface area (Å²) >= 11 is 0. The van der Waals surface area contributed by atoms with E-state index in [0.29, 0.717) is 6.42 Å². The van der Waals surface area contributed by atoms with Gasteiger partial charge in [0.2, 0.25) is 0 Å². The van der Waals surface area contributed by atoms with Crippen molar-refractivity contribution in [3.63, 3.8) is 0 Å². The molecule has 13 heavy (non-hydrogen) atoms. The van der Waals surface area contributed by atoms with E-state index in [2.05, 4.69) is 4.99 Å². The molecule has 0 saturated carbocycles. The molecule has 0 heterocycles. The summed E-state index contributed by atoms with van der Waals surface area (Å²) in [6.07, 6.45) is 6.51. The van der Waals surface area contributed by atoms with E-state index in [9.17, 15) is 4.79 Å². The van der Waals surface area contributed by atoms with Gasteiger partial charge in [-0.05, 0) is 18.2 Å². The lowest BCUT2D eigenvalue weighted by Crippen LogP contribution is -1.68. The second kappa shape index (κ2) is 5.89. The summed E-state index contributed by atoms with van der Waals surface area (Å²) in [4.78, 5) is 14.1. The van der Waals surface area contributed by atoms with E-state index in [0.717, 1.165) is 12.0 Å². The number of carbonyl (C=O) groups is 1. The molecule has 66 valence electrons. The van der Waals surface area contributed by atoms with Crippen molar-refractivity contribution in [1.82, 2.24) is 0 Å². The number of aliphatic imine (C=N–C) groups is 1. The number of nitrogens with zero attached hydrogens (tertiary/aromatic N) is 1. The molecule has 0 aliphatic heterocycles. The van der Waals surface area contributed by atoms with E-state index in [1.54, 1.807) is 18.4 Å². The zero-order valence-corrected chi connectivity index (χ0v) is 7.26. The monoisotopic (exact) mass is 173 g/mol. The molecule has 0 amide bonds. The maximum Gasteiger partial charge on any atom is 0.123 e. The van der Waals surface area contributed by atoms with Gasteiger partial charge in [0.1, 0.15) is 6.29 Å². The number of hydrogen-bond donors (Lipinski definition) is 0. The van der Waals surface area contributed by atoms with Gasteiger partial charge in [-0.15, -0.1) is 0 Å². The summed E-state index contributed by atoms with van der Waals surface area (Å²) < 4.78 is 0. The molecule has 2 heteroatoms. The Morgan fingerprint density at radius 1 is 1.23 bits per heavy atom. The van der Waals surface area contributed by atoms with Crippen LogP contribution in [0.3, 0.4) is 0 Å². The number of rotatable bonds is 4. The van der Waals surface area contributed by atoms with Crippen molar-refractivity contribution >= 4 is 18.2 Å². The van der Waals surface area contributed by atoms with Gasteiger partial charge in [0.15, 0.2) is 0 Å². The van der Waals surface area contributed by atoms with Gasteiger partial charge >= 0.3 is 0 Å². The largest absolute Gasteiger partial charge is 0.303 e. The Bertz CT molecular complexity index is 301. The number of allylic oxidation sites excluding steroid dienone is 2. The Morgan fingerprint density at radius 2 is 2.00 bits per heavy atom. The quantitative estimate of drug-likeness (QED) is 0.508. The van der Waals surface area contributed by atoms with Crippen LogP contribution in [-0.4, -0.2) is 12.5 Å². The van der Waals surface area contributed by atoms with E-state index < -0.39 is 0 Å². The zero-order chi connectivity index (χ0) is 9.36. The molecule has 0 unspecified atom stereocenters. The van der Waals surface area contributed by atoms with E-state index in [-0.39, 0.29) is 0 Å². The average molecular weight is 173 g/mol. The molecule has 0 radical (unpaired) electrons.